The Bertz CT molecular complexity index is 1170. The van der Waals surface area contributed by atoms with Crippen LogP contribution in [0.15, 0.2) is 71.9 Å². The zero-order valence-corrected chi connectivity index (χ0v) is 17.9. The minimum Gasteiger partial charge on any atom is -0.490 e. The number of amides is 1. The van der Waals surface area contributed by atoms with E-state index in [1.165, 1.54) is 0 Å². The third-order valence-electron chi connectivity index (χ3n) is 5.64. The van der Waals surface area contributed by atoms with Crippen LogP contribution in [0.4, 0.5) is 5.82 Å². The van der Waals surface area contributed by atoms with Gasteiger partial charge in [-0.25, -0.2) is 15.0 Å². The maximum absolute atomic E-state index is 11.8. The van der Waals surface area contributed by atoms with Gasteiger partial charge in [-0.05, 0) is 66.3 Å². The van der Waals surface area contributed by atoms with Crippen molar-refractivity contribution in [3.8, 4) is 16.9 Å². The molecule has 1 aromatic heterocycles. The van der Waals surface area contributed by atoms with Gasteiger partial charge in [0.15, 0.2) is 0 Å². The van der Waals surface area contributed by atoms with Gasteiger partial charge in [-0.1, -0.05) is 36.4 Å². The number of hydrogen-bond donors (Lipinski definition) is 2. The number of hydrogen-bond acceptors (Lipinski definition) is 6. The second-order valence-corrected chi connectivity index (χ2v) is 8.19. The van der Waals surface area contributed by atoms with Gasteiger partial charge in [0.25, 0.3) is 5.91 Å². The first-order valence-corrected chi connectivity index (χ1v) is 10.8. The number of rotatable bonds is 7. The van der Waals surface area contributed by atoms with Crippen LogP contribution in [-0.2, 0) is 11.2 Å². The predicted molar refractivity (Wildman–Crippen MR) is 124 cm³/mol. The van der Waals surface area contributed by atoms with E-state index in [0.29, 0.717) is 18.3 Å². The van der Waals surface area contributed by atoms with Crippen molar-refractivity contribution in [3.05, 3.63) is 78.0 Å². The Morgan fingerprint density at radius 2 is 1.97 bits per heavy atom. The Morgan fingerprint density at radius 3 is 2.72 bits per heavy atom. The largest absolute Gasteiger partial charge is 0.490 e. The van der Waals surface area contributed by atoms with Gasteiger partial charge in [0.05, 0.1) is 6.10 Å². The highest BCUT2D eigenvalue weighted by molar-refractivity contribution is 6.38. The van der Waals surface area contributed by atoms with Gasteiger partial charge in [-0.2, -0.15) is 0 Å². The molecule has 32 heavy (non-hydrogen) atoms. The quantitative estimate of drug-likeness (QED) is 0.603. The Kier molecular flexibility index (Phi) is 5.23. The molecule has 1 amide bonds. The lowest BCUT2D eigenvalue weighted by atomic mass is 10.0. The molecule has 2 aliphatic rings. The molecule has 1 aliphatic carbocycles. The van der Waals surface area contributed by atoms with E-state index in [1.54, 1.807) is 11.2 Å². The van der Waals surface area contributed by atoms with Gasteiger partial charge < -0.3 is 10.5 Å². The molecule has 0 spiro atoms. The van der Waals surface area contributed by atoms with Crippen LogP contribution in [0.1, 0.15) is 24.0 Å². The molecular weight excluding hydrogens is 402 g/mol. The molecule has 162 valence electrons. The number of anilines is 1. The minimum atomic E-state index is -0.595. The molecule has 3 N–H and O–H groups in total. The van der Waals surface area contributed by atoms with Crippen LogP contribution < -0.4 is 20.9 Å². The number of amidine groups is 1. The Balaban J connectivity index is 1.45. The number of carbonyl (C=O) groups excluding carboxylic acids is 1. The van der Waals surface area contributed by atoms with Gasteiger partial charge >= 0.3 is 0 Å². The fourth-order valence-corrected chi connectivity index (χ4v) is 3.80. The monoisotopic (exact) mass is 427 g/mol. The summed E-state index contributed by atoms with van der Waals surface area (Å²) in [4.78, 5) is 20.9. The molecule has 0 radical (unpaired) electrons. The highest BCUT2D eigenvalue weighted by Crippen LogP contribution is 2.33. The topological polar surface area (TPSA) is 92.8 Å². The van der Waals surface area contributed by atoms with E-state index in [4.69, 9.17) is 10.5 Å². The summed E-state index contributed by atoms with van der Waals surface area (Å²) < 4.78 is 5.99. The summed E-state index contributed by atoms with van der Waals surface area (Å²) in [7, 11) is 0. The average Bonchev–Trinajstić information content (AvgIpc) is 3.52. The molecule has 1 aliphatic heterocycles. The van der Waals surface area contributed by atoms with Crippen molar-refractivity contribution < 1.29 is 9.53 Å². The molecule has 7 nitrogen and oxygen atoms in total. The van der Waals surface area contributed by atoms with Gasteiger partial charge in [-0.15, -0.1) is 0 Å². The number of aromatic nitrogens is 1. The van der Waals surface area contributed by atoms with E-state index in [9.17, 15) is 4.79 Å². The number of primary amides is 1. The fraction of sp³-hybridized carbons (Fsp3) is 0.240. The van der Waals surface area contributed by atoms with E-state index >= 15 is 0 Å². The average molecular weight is 428 g/mol. The Labute approximate surface area is 186 Å². The minimum absolute atomic E-state index is 0.133. The van der Waals surface area contributed by atoms with Gasteiger partial charge in [0, 0.05) is 12.6 Å². The molecule has 5 rings (SSSR count). The molecule has 1 saturated carbocycles. The highest BCUT2D eigenvalue weighted by Gasteiger charge is 2.30. The Hall–Kier alpha value is -3.87. The summed E-state index contributed by atoms with van der Waals surface area (Å²) in [6.45, 7) is 2.08. The molecule has 0 bridgehead atoms. The van der Waals surface area contributed by atoms with Crippen molar-refractivity contribution in [2.45, 2.75) is 38.5 Å². The zero-order chi connectivity index (χ0) is 22.1. The molecule has 1 fully saturated rings. The van der Waals surface area contributed by atoms with Crippen molar-refractivity contribution in [1.29, 1.82) is 0 Å². The number of aryl methyl sites for hydroxylation is 1. The highest BCUT2D eigenvalue weighted by atomic mass is 16.5. The smallest absolute Gasteiger partial charge is 0.285 e. The van der Waals surface area contributed by atoms with E-state index in [-0.39, 0.29) is 12.0 Å². The van der Waals surface area contributed by atoms with Crippen LogP contribution in [0, 0.1) is 6.92 Å². The lowest BCUT2D eigenvalue weighted by molar-refractivity contribution is -0.112. The molecule has 2 heterocycles. The van der Waals surface area contributed by atoms with Crippen LogP contribution >= 0.6 is 0 Å². The molecule has 1 atom stereocenters. The third-order valence-corrected chi connectivity index (χ3v) is 5.64. The number of nitrogens with one attached hydrogen (secondary N) is 1. The molecule has 3 aromatic rings. The molecular formula is C25H25N5O2. The van der Waals surface area contributed by atoms with Crippen LogP contribution in [0.2, 0.25) is 0 Å². The second-order valence-electron chi connectivity index (χ2n) is 8.19. The second kappa shape index (κ2) is 8.34. The molecule has 7 heteroatoms. The van der Waals surface area contributed by atoms with Crippen LogP contribution in [-0.4, -0.2) is 29.0 Å². The van der Waals surface area contributed by atoms with Crippen molar-refractivity contribution in [2.75, 3.05) is 5.01 Å². The summed E-state index contributed by atoms with van der Waals surface area (Å²) in [6.07, 6.45) is 4.62. The van der Waals surface area contributed by atoms with Gasteiger partial charge in [0.2, 0.25) is 5.84 Å². The number of benzene rings is 2. The lowest BCUT2D eigenvalue weighted by Gasteiger charge is -2.24. The number of nitrogens with two attached hydrogens (primary N) is 1. The predicted octanol–water partition coefficient (Wildman–Crippen LogP) is 3.38. The summed E-state index contributed by atoms with van der Waals surface area (Å²) in [5.74, 6) is 1.08. The van der Waals surface area contributed by atoms with Crippen LogP contribution in [0.25, 0.3) is 11.1 Å². The first-order valence-electron chi connectivity index (χ1n) is 10.8. The van der Waals surface area contributed by atoms with Gasteiger partial charge in [-0.3, -0.25) is 10.2 Å². The lowest BCUT2D eigenvalue weighted by Crippen LogP contribution is -2.45. The van der Waals surface area contributed by atoms with Crippen molar-refractivity contribution in [1.82, 2.24) is 10.4 Å². The number of aliphatic imine (C=N–C) groups is 1. The maximum atomic E-state index is 11.8. The van der Waals surface area contributed by atoms with Crippen LogP contribution in [0.5, 0.6) is 5.75 Å². The number of carbonyl (C=O) groups is 1. The summed E-state index contributed by atoms with van der Waals surface area (Å²) >= 11 is 0. The molecule has 0 saturated heterocycles. The zero-order valence-electron chi connectivity index (χ0n) is 17.9. The third kappa shape index (κ3) is 4.27. The van der Waals surface area contributed by atoms with Crippen molar-refractivity contribution >= 4 is 17.6 Å². The van der Waals surface area contributed by atoms with E-state index in [2.05, 4.69) is 34.5 Å². The fourth-order valence-electron chi connectivity index (χ4n) is 3.80. The maximum Gasteiger partial charge on any atom is 0.285 e. The number of pyridine rings is 1. The SMILES string of the molecule is Cc1ccc(OC2CC2)cc1-c1ccnc(N2NC(C(N)=O)=NC2Cc2ccccc2)c1. The van der Waals surface area contributed by atoms with Crippen molar-refractivity contribution in [3.63, 3.8) is 0 Å². The molecule has 2 aromatic carbocycles. The summed E-state index contributed by atoms with van der Waals surface area (Å²) in [6, 6.07) is 20.2. The Morgan fingerprint density at radius 1 is 1.16 bits per heavy atom. The van der Waals surface area contributed by atoms with Crippen molar-refractivity contribution in [2.24, 2.45) is 10.7 Å². The van der Waals surface area contributed by atoms with E-state index < -0.39 is 5.91 Å². The first kappa shape index (κ1) is 20.1. The van der Waals surface area contributed by atoms with Crippen LogP contribution in [0.3, 0.4) is 0 Å². The summed E-state index contributed by atoms with van der Waals surface area (Å²) in [5, 5.41) is 1.80. The number of nitrogens with zero attached hydrogens (tertiary/aromatic N) is 3. The van der Waals surface area contributed by atoms with E-state index in [1.807, 2.05) is 48.5 Å². The number of ether oxygens (including phenoxy) is 1. The first-order chi connectivity index (χ1) is 15.6. The standard InChI is InChI=1S/C25H25N5O2/c1-16-7-8-20(32-19-9-10-19)15-21(16)18-11-12-27-22(14-18)30-23(28-25(29-30)24(26)31)13-17-5-3-2-4-6-17/h2-8,11-12,14-15,19,23H,9-10,13H2,1H3,(H2,26,31)(H,28,29). The normalized spacial score (nSPS) is 17.6. The van der Waals surface area contributed by atoms with Gasteiger partial charge in [0.1, 0.15) is 17.7 Å². The molecule has 1 unspecified atom stereocenters. The number of hydrazine groups is 1. The summed E-state index contributed by atoms with van der Waals surface area (Å²) in [5.41, 5.74) is 12.9. The van der Waals surface area contributed by atoms with E-state index in [0.717, 1.165) is 40.8 Å².